The molecule has 3 aromatic carbocycles. The number of sulfonamides is 1. The highest BCUT2D eigenvalue weighted by Gasteiger charge is 2.30. The Balaban J connectivity index is 1.58. The minimum Gasteiger partial charge on any atom is -0.448 e. The van der Waals surface area contributed by atoms with Crippen LogP contribution in [0.4, 0.5) is 0 Å². The second kappa shape index (κ2) is 9.62. The number of hydrogen-bond acceptors (Lipinski definition) is 5. The summed E-state index contributed by atoms with van der Waals surface area (Å²) in [6.45, 7) is 1.31. The fourth-order valence-electron chi connectivity index (χ4n) is 3.64. The van der Waals surface area contributed by atoms with Crippen LogP contribution in [-0.2, 0) is 19.6 Å². The van der Waals surface area contributed by atoms with Gasteiger partial charge >= 0.3 is 5.97 Å². The third-order valence-corrected chi connectivity index (χ3v) is 7.34. The molecule has 4 rings (SSSR count). The van der Waals surface area contributed by atoms with E-state index in [1.165, 1.54) is 19.2 Å². The Kier molecular flexibility index (Phi) is 6.63. The van der Waals surface area contributed by atoms with Crippen LogP contribution in [0.25, 0.3) is 10.9 Å². The van der Waals surface area contributed by atoms with Crippen molar-refractivity contribution in [2.45, 2.75) is 17.9 Å². The van der Waals surface area contributed by atoms with E-state index in [-0.39, 0.29) is 4.90 Å². The monoisotopic (exact) mass is 476 g/mol. The van der Waals surface area contributed by atoms with Gasteiger partial charge in [0.2, 0.25) is 15.8 Å². The Morgan fingerprint density at radius 1 is 0.941 bits per heavy atom. The van der Waals surface area contributed by atoms with E-state index in [0.29, 0.717) is 16.5 Å². The van der Waals surface area contributed by atoms with Crippen LogP contribution in [0, 0.1) is 6.92 Å². The molecule has 34 heavy (non-hydrogen) atoms. The summed E-state index contributed by atoms with van der Waals surface area (Å²) >= 11 is 0. The maximum absolute atomic E-state index is 13.5. The molecule has 0 fully saturated rings. The minimum atomic E-state index is -3.90. The van der Waals surface area contributed by atoms with Crippen LogP contribution in [0.15, 0.2) is 90.0 Å². The van der Waals surface area contributed by atoms with Crippen LogP contribution in [-0.4, -0.2) is 43.1 Å². The second-order valence-corrected chi connectivity index (χ2v) is 10.0. The highest BCUT2D eigenvalue weighted by atomic mass is 32.2. The van der Waals surface area contributed by atoms with Gasteiger partial charge in [0.05, 0.1) is 4.90 Å². The quantitative estimate of drug-likeness (QED) is 0.303. The number of hydrogen-bond donors (Lipinski definition) is 1. The van der Waals surface area contributed by atoms with Crippen LogP contribution in [0.5, 0.6) is 0 Å². The molecule has 4 aromatic rings. The van der Waals surface area contributed by atoms with Crippen molar-refractivity contribution in [1.82, 2.24) is 9.29 Å². The molecule has 0 bridgehead atoms. The van der Waals surface area contributed by atoms with Crippen molar-refractivity contribution in [2.75, 3.05) is 13.6 Å². The molecule has 1 unspecified atom stereocenters. The predicted octanol–water partition coefficient (Wildman–Crippen LogP) is 4.26. The highest BCUT2D eigenvalue weighted by molar-refractivity contribution is 7.89. The zero-order valence-corrected chi connectivity index (χ0v) is 19.6. The summed E-state index contributed by atoms with van der Waals surface area (Å²) in [7, 11) is -2.60. The van der Waals surface area contributed by atoms with Crippen molar-refractivity contribution in [1.29, 1.82) is 0 Å². The maximum atomic E-state index is 13.5. The number of Topliss-reactive ketones (excluding diaryl/α,β-unsaturated/α-hetero) is 1. The van der Waals surface area contributed by atoms with Gasteiger partial charge in [-0.05, 0) is 25.1 Å². The lowest BCUT2D eigenvalue weighted by atomic mass is 9.99. The molecular formula is C26H24N2O5S. The number of ether oxygens (including phenoxy) is 1. The van der Waals surface area contributed by atoms with E-state index in [2.05, 4.69) is 4.98 Å². The van der Waals surface area contributed by atoms with E-state index in [4.69, 9.17) is 4.74 Å². The van der Waals surface area contributed by atoms with Crippen molar-refractivity contribution in [3.63, 3.8) is 0 Å². The molecule has 1 heterocycles. The summed E-state index contributed by atoms with van der Waals surface area (Å²) < 4.78 is 32.2. The van der Waals surface area contributed by atoms with Crippen LogP contribution in [0.3, 0.4) is 0 Å². The van der Waals surface area contributed by atoms with Gasteiger partial charge in [-0.15, -0.1) is 0 Å². The molecular weight excluding hydrogens is 452 g/mol. The first kappa shape index (κ1) is 23.4. The highest BCUT2D eigenvalue weighted by Crippen LogP contribution is 2.27. The van der Waals surface area contributed by atoms with Crippen molar-refractivity contribution in [3.05, 3.63) is 102 Å². The average molecular weight is 477 g/mol. The number of aromatic nitrogens is 1. The largest absolute Gasteiger partial charge is 0.448 e. The lowest BCUT2D eigenvalue weighted by Crippen LogP contribution is -2.34. The number of nitrogens with one attached hydrogen (secondary N) is 1. The number of likely N-dealkylation sites (N-methyl/N-ethyl adjacent to an activating group) is 1. The molecule has 1 atom stereocenters. The number of carbonyl (C=O) groups excluding carboxylic acids is 2. The second-order valence-electron chi connectivity index (χ2n) is 7.97. The van der Waals surface area contributed by atoms with E-state index >= 15 is 0 Å². The van der Waals surface area contributed by atoms with Crippen LogP contribution in [0.1, 0.15) is 27.6 Å². The number of ketones is 1. The van der Waals surface area contributed by atoms with Gasteiger partial charge in [-0.2, -0.15) is 4.31 Å². The zero-order valence-electron chi connectivity index (χ0n) is 18.8. The molecule has 0 aliphatic rings. The molecule has 0 aliphatic carbocycles. The molecule has 7 nitrogen and oxygen atoms in total. The number of nitrogens with zero attached hydrogens (tertiary/aromatic N) is 1. The Bertz CT molecular complexity index is 1430. The molecule has 0 aliphatic heterocycles. The number of benzene rings is 3. The fourth-order valence-corrected chi connectivity index (χ4v) is 4.76. The summed E-state index contributed by atoms with van der Waals surface area (Å²) in [4.78, 5) is 29.4. The Hall–Kier alpha value is -3.75. The van der Waals surface area contributed by atoms with Gasteiger partial charge in [0, 0.05) is 35.3 Å². The number of aromatic amines is 1. The lowest BCUT2D eigenvalue weighted by Gasteiger charge is -2.20. The number of aryl methyl sites for hydroxylation is 1. The smallest absolute Gasteiger partial charge is 0.322 e. The first-order chi connectivity index (χ1) is 16.3. The first-order valence-corrected chi connectivity index (χ1v) is 12.1. The topological polar surface area (TPSA) is 96.5 Å². The Morgan fingerprint density at radius 3 is 2.29 bits per heavy atom. The molecule has 0 radical (unpaired) electrons. The van der Waals surface area contributed by atoms with E-state index in [1.54, 1.807) is 48.7 Å². The molecule has 1 aromatic heterocycles. The number of esters is 1. The molecule has 174 valence electrons. The number of fused-ring (bicyclic) bond motifs is 1. The van der Waals surface area contributed by atoms with Gasteiger partial charge in [0.25, 0.3) is 0 Å². The summed E-state index contributed by atoms with van der Waals surface area (Å²) in [5.74, 6) is -1.23. The third kappa shape index (κ3) is 4.78. The summed E-state index contributed by atoms with van der Waals surface area (Å²) in [5, 5.41) is 0.712. The van der Waals surface area contributed by atoms with Gasteiger partial charge in [-0.25, -0.2) is 8.42 Å². The molecule has 1 N–H and O–H groups in total. The number of rotatable bonds is 8. The lowest BCUT2D eigenvalue weighted by molar-refractivity contribution is -0.147. The van der Waals surface area contributed by atoms with Gasteiger partial charge in [0.1, 0.15) is 6.54 Å². The minimum absolute atomic E-state index is 0.0721. The number of H-pyrrole nitrogens is 1. The molecule has 0 saturated carbocycles. The Morgan fingerprint density at radius 2 is 1.59 bits per heavy atom. The van der Waals surface area contributed by atoms with Gasteiger partial charge in [-0.3, -0.25) is 9.59 Å². The fraction of sp³-hybridized carbons (Fsp3) is 0.154. The average Bonchev–Trinajstić information content (AvgIpc) is 3.27. The number of carbonyl (C=O) groups is 2. The van der Waals surface area contributed by atoms with Crippen molar-refractivity contribution >= 4 is 32.7 Å². The normalized spacial score (nSPS) is 12.6. The summed E-state index contributed by atoms with van der Waals surface area (Å²) in [5.41, 5.74) is 2.59. The molecule has 0 spiro atoms. The van der Waals surface area contributed by atoms with Crippen LogP contribution < -0.4 is 0 Å². The van der Waals surface area contributed by atoms with E-state index in [9.17, 15) is 18.0 Å². The van der Waals surface area contributed by atoms with Crippen molar-refractivity contribution in [2.24, 2.45) is 0 Å². The zero-order chi connectivity index (χ0) is 24.3. The van der Waals surface area contributed by atoms with Gasteiger partial charge in [0.15, 0.2) is 6.10 Å². The van der Waals surface area contributed by atoms with E-state index in [0.717, 1.165) is 15.4 Å². The summed E-state index contributed by atoms with van der Waals surface area (Å²) in [6, 6.07) is 22.3. The molecule has 0 saturated heterocycles. The Labute approximate surface area is 198 Å². The maximum Gasteiger partial charge on any atom is 0.322 e. The summed E-state index contributed by atoms with van der Waals surface area (Å²) in [6.07, 6.45) is 0.369. The van der Waals surface area contributed by atoms with Gasteiger partial charge < -0.3 is 9.72 Å². The third-order valence-electron chi connectivity index (χ3n) is 5.53. The van der Waals surface area contributed by atoms with Gasteiger partial charge in [-0.1, -0.05) is 66.2 Å². The molecule has 8 heteroatoms. The number of para-hydroxylation sites is 1. The van der Waals surface area contributed by atoms with E-state index in [1.807, 2.05) is 31.2 Å². The molecule has 0 amide bonds. The van der Waals surface area contributed by atoms with Crippen molar-refractivity contribution < 1.29 is 22.7 Å². The first-order valence-electron chi connectivity index (χ1n) is 10.6. The van der Waals surface area contributed by atoms with Crippen LogP contribution >= 0.6 is 0 Å². The van der Waals surface area contributed by atoms with Crippen molar-refractivity contribution in [3.8, 4) is 0 Å². The standard InChI is InChI=1S/C26H24N2O5S/c1-18-12-14-20(15-13-18)34(31,32)28(2)17-24(29)33-26(19-8-4-3-5-9-19)25(30)22-16-27-23-11-7-6-10-21(22)23/h3-16,26-27H,17H2,1-2H3. The van der Waals surface area contributed by atoms with Crippen LogP contribution in [0.2, 0.25) is 0 Å². The SMILES string of the molecule is Cc1ccc(S(=O)(=O)N(C)CC(=O)OC(C(=O)c2c[nH]c3ccccc23)c2ccccc2)cc1. The predicted molar refractivity (Wildman–Crippen MR) is 129 cm³/mol. The van der Waals surface area contributed by atoms with E-state index < -0.39 is 34.4 Å².